The van der Waals surface area contributed by atoms with Crippen molar-refractivity contribution in [2.24, 2.45) is 0 Å². The molecule has 1 amide bonds. The van der Waals surface area contributed by atoms with Crippen molar-refractivity contribution in [3.63, 3.8) is 0 Å². The van der Waals surface area contributed by atoms with Gasteiger partial charge in [0.15, 0.2) is 11.6 Å². The zero-order valence-corrected chi connectivity index (χ0v) is 14.8. The summed E-state index contributed by atoms with van der Waals surface area (Å²) in [4.78, 5) is 17.0. The lowest BCUT2D eigenvalue weighted by Gasteiger charge is -2.07. The van der Waals surface area contributed by atoms with Crippen LogP contribution in [-0.4, -0.2) is 29.2 Å². The molecule has 0 saturated carbocycles. The standard InChI is InChI=1S/C18H18FN3O3S/c19-13-5-1-2-6-14(13)24-11-4-10-20-16(23)8-9-17-21-18(22-25-17)15-7-3-12-26-15/h1-3,5-7,12H,4,8-11H2,(H,20,23). The number of halogens is 1. The van der Waals surface area contributed by atoms with Crippen LogP contribution < -0.4 is 10.1 Å². The van der Waals surface area contributed by atoms with Gasteiger partial charge in [-0.1, -0.05) is 23.4 Å². The fourth-order valence-corrected chi connectivity index (χ4v) is 2.86. The second-order valence-electron chi connectivity index (χ2n) is 5.47. The van der Waals surface area contributed by atoms with Gasteiger partial charge in [-0.05, 0) is 30.0 Å². The SMILES string of the molecule is O=C(CCc1nc(-c2cccs2)no1)NCCCOc1ccccc1F. The third-order valence-electron chi connectivity index (χ3n) is 3.51. The predicted molar refractivity (Wildman–Crippen MR) is 95.5 cm³/mol. The lowest BCUT2D eigenvalue weighted by Crippen LogP contribution is -2.25. The van der Waals surface area contributed by atoms with Crippen molar-refractivity contribution < 1.29 is 18.4 Å². The Balaban J connectivity index is 1.31. The van der Waals surface area contributed by atoms with Crippen molar-refractivity contribution in [1.29, 1.82) is 0 Å². The molecule has 2 heterocycles. The lowest BCUT2D eigenvalue weighted by atomic mass is 10.3. The van der Waals surface area contributed by atoms with Crippen LogP contribution in [0.25, 0.3) is 10.7 Å². The first-order valence-corrected chi connectivity index (χ1v) is 9.11. The van der Waals surface area contributed by atoms with Crippen molar-refractivity contribution in [2.45, 2.75) is 19.3 Å². The van der Waals surface area contributed by atoms with E-state index < -0.39 is 5.82 Å². The van der Waals surface area contributed by atoms with Gasteiger partial charge < -0.3 is 14.6 Å². The summed E-state index contributed by atoms with van der Waals surface area (Å²) in [6.07, 6.45) is 1.24. The lowest BCUT2D eigenvalue weighted by molar-refractivity contribution is -0.121. The van der Waals surface area contributed by atoms with Gasteiger partial charge in [0.25, 0.3) is 0 Å². The molecule has 0 unspecified atom stereocenters. The third kappa shape index (κ3) is 5.13. The van der Waals surface area contributed by atoms with E-state index in [4.69, 9.17) is 9.26 Å². The average Bonchev–Trinajstić information content (AvgIpc) is 3.32. The Kier molecular flexibility index (Phi) is 6.32. The van der Waals surface area contributed by atoms with Gasteiger partial charge in [0.1, 0.15) is 0 Å². The number of rotatable bonds is 9. The quantitative estimate of drug-likeness (QED) is 0.580. The summed E-state index contributed by atoms with van der Waals surface area (Å²) < 4.78 is 23.8. The molecule has 0 aliphatic heterocycles. The van der Waals surface area contributed by atoms with Crippen molar-refractivity contribution in [3.05, 3.63) is 53.5 Å². The van der Waals surface area contributed by atoms with Crippen molar-refractivity contribution >= 4 is 17.2 Å². The maximum absolute atomic E-state index is 13.4. The van der Waals surface area contributed by atoms with Crippen LogP contribution in [0.1, 0.15) is 18.7 Å². The van der Waals surface area contributed by atoms with E-state index in [1.165, 1.54) is 17.4 Å². The number of aryl methyl sites for hydroxylation is 1. The normalized spacial score (nSPS) is 10.7. The van der Waals surface area contributed by atoms with E-state index in [1.54, 1.807) is 18.2 Å². The van der Waals surface area contributed by atoms with Crippen LogP contribution in [0.2, 0.25) is 0 Å². The molecule has 6 nitrogen and oxygen atoms in total. The number of hydrogen-bond acceptors (Lipinski definition) is 6. The van der Waals surface area contributed by atoms with Gasteiger partial charge in [0.2, 0.25) is 17.6 Å². The minimum absolute atomic E-state index is 0.105. The summed E-state index contributed by atoms with van der Waals surface area (Å²) >= 11 is 1.53. The average molecular weight is 375 g/mol. The number of aromatic nitrogens is 2. The number of ether oxygens (including phenoxy) is 1. The van der Waals surface area contributed by atoms with Gasteiger partial charge in [-0.3, -0.25) is 4.79 Å². The molecule has 26 heavy (non-hydrogen) atoms. The smallest absolute Gasteiger partial charge is 0.227 e. The van der Waals surface area contributed by atoms with E-state index >= 15 is 0 Å². The number of carbonyl (C=O) groups is 1. The molecule has 1 aromatic carbocycles. The molecule has 0 bridgehead atoms. The number of hydrogen-bond donors (Lipinski definition) is 1. The van der Waals surface area contributed by atoms with E-state index in [2.05, 4.69) is 15.5 Å². The molecule has 136 valence electrons. The first-order valence-electron chi connectivity index (χ1n) is 8.23. The molecule has 0 radical (unpaired) electrons. The Morgan fingerprint density at radius 2 is 2.15 bits per heavy atom. The highest BCUT2D eigenvalue weighted by molar-refractivity contribution is 7.13. The molecule has 0 atom stereocenters. The molecule has 1 N–H and O–H groups in total. The fraction of sp³-hybridized carbons (Fsp3) is 0.278. The second-order valence-corrected chi connectivity index (χ2v) is 6.42. The highest BCUT2D eigenvalue weighted by Gasteiger charge is 2.11. The number of benzene rings is 1. The van der Waals surface area contributed by atoms with Gasteiger partial charge in [-0.15, -0.1) is 11.3 Å². The van der Waals surface area contributed by atoms with E-state index in [-0.39, 0.29) is 18.1 Å². The Hall–Kier alpha value is -2.74. The zero-order valence-electron chi connectivity index (χ0n) is 14.0. The summed E-state index contributed by atoms with van der Waals surface area (Å²) in [6, 6.07) is 10.1. The zero-order chi connectivity index (χ0) is 18.2. The maximum atomic E-state index is 13.4. The van der Waals surface area contributed by atoms with Crippen LogP contribution in [-0.2, 0) is 11.2 Å². The molecule has 3 aromatic rings. The molecular formula is C18H18FN3O3S. The first kappa shape index (κ1) is 18.1. The van der Waals surface area contributed by atoms with Crippen LogP contribution in [0, 0.1) is 5.82 Å². The van der Waals surface area contributed by atoms with Gasteiger partial charge in [-0.25, -0.2) is 4.39 Å². The van der Waals surface area contributed by atoms with Crippen LogP contribution in [0.4, 0.5) is 4.39 Å². The molecule has 0 aliphatic carbocycles. The highest BCUT2D eigenvalue weighted by Crippen LogP contribution is 2.21. The number of nitrogens with zero attached hydrogens (tertiary/aromatic N) is 2. The molecule has 0 saturated heterocycles. The van der Waals surface area contributed by atoms with Gasteiger partial charge in [0.05, 0.1) is 11.5 Å². The highest BCUT2D eigenvalue weighted by atomic mass is 32.1. The Labute approximate surface area is 154 Å². The van der Waals surface area contributed by atoms with E-state index in [0.29, 0.717) is 37.7 Å². The summed E-state index contributed by atoms with van der Waals surface area (Å²) in [5.41, 5.74) is 0. The van der Waals surface area contributed by atoms with Crippen molar-refractivity contribution in [3.8, 4) is 16.5 Å². The minimum Gasteiger partial charge on any atom is -0.490 e. The van der Waals surface area contributed by atoms with Crippen LogP contribution >= 0.6 is 11.3 Å². The summed E-state index contributed by atoms with van der Waals surface area (Å²) in [5.74, 6) is 0.702. The summed E-state index contributed by atoms with van der Waals surface area (Å²) in [5, 5.41) is 8.63. The molecule has 8 heteroatoms. The molecule has 0 aliphatic rings. The third-order valence-corrected chi connectivity index (χ3v) is 4.38. The van der Waals surface area contributed by atoms with E-state index in [1.807, 2.05) is 17.5 Å². The van der Waals surface area contributed by atoms with Gasteiger partial charge in [0, 0.05) is 19.4 Å². The summed E-state index contributed by atoms with van der Waals surface area (Å²) in [7, 11) is 0. The minimum atomic E-state index is -0.391. The summed E-state index contributed by atoms with van der Waals surface area (Å²) in [6.45, 7) is 0.784. The molecule has 0 fully saturated rings. The maximum Gasteiger partial charge on any atom is 0.227 e. The Morgan fingerprint density at radius 1 is 1.27 bits per heavy atom. The second kappa shape index (κ2) is 9.10. The number of thiophene rings is 1. The predicted octanol–water partition coefficient (Wildman–Crippen LogP) is 3.46. The molecule has 0 spiro atoms. The first-order chi connectivity index (χ1) is 12.7. The van der Waals surface area contributed by atoms with Crippen LogP contribution in [0.3, 0.4) is 0 Å². The molecule has 3 rings (SSSR count). The Morgan fingerprint density at radius 3 is 2.96 bits per heavy atom. The molecular weight excluding hydrogens is 357 g/mol. The number of carbonyl (C=O) groups excluding carboxylic acids is 1. The largest absolute Gasteiger partial charge is 0.490 e. The van der Waals surface area contributed by atoms with Crippen molar-refractivity contribution in [1.82, 2.24) is 15.5 Å². The van der Waals surface area contributed by atoms with E-state index in [0.717, 1.165) is 4.88 Å². The number of amides is 1. The van der Waals surface area contributed by atoms with Gasteiger partial charge >= 0.3 is 0 Å². The Bertz CT molecular complexity index is 836. The topological polar surface area (TPSA) is 77.2 Å². The number of para-hydroxylation sites is 1. The monoisotopic (exact) mass is 375 g/mol. The van der Waals surface area contributed by atoms with E-state index in [9.17, 15) is 9.18 Å². The van der Waals surface area contributed by atoms with Crippen molar-refractivity contribution in [2.75, 3.05) is 13.2 Å². The fourth-order valence-electron chi connectivity index (χ4n) is 2.22. The van der Waals surface area contributed by atoms with Crippen LogP contribution in [0.5, 0.6) is 5.75 Å². The molecule has 2 aromatic heterocycles. The van der Waals surface area contributed by atoms with Crippen LogP contribution in [0.15, 0.2) is 46.3 Å². The van der Waals surface area contributed by atoms with Gasteiger partial charge in [-0.2, -0.15) is 4.98 Å². The number of nitrogens with one attached hydrogen (secondary N) is 1.